The van der Waals surface area contributed by atoms with E-state index in [1.165, 1.54) is 0 Å². The van der Waals surface area contributed by atoms with Gasteiger partial charge in [0.1, 0.15) is 0 Å². The highest BCUT2D eigenvalue weighted by molar-refractivity contribution is 5.15. The van der Waals surface area contributed by atoms with E-state index in [4.69, 9.17) is 0 Å². The molecule has 0 bridgehead atoms. The highest BCUT2D eigenvalue weighted by atomic mass is 19.4. The minimum absolute atomic E-state index is 0.00130. The first-order valence-corrected chi connectivity index (χ1v) is 4.43. The lowest BCUT2D eigenvalue weighted by molar-refractivity contribution is -0.141. The molecule has 0 spiro atoms. The van der Waals surface area contributed by atoms with Crippen molar-refractivity contribution in [1.29, 1.82) is 0 Å². The summed E-state index contributed by atoms with van der Waals surface area (Å²) in [6, 6.07) is 1.07. The van der Waals surface area contributed by atoms with E-state index in [0.717, 1.165) is 25.5 Å². The summed E-state index contributed by atoms with van der Waals surface area (Å²) in [5.41, 5.74) is -0.323. The fraction of sp³-hybridized carbons (Fsp3) is 0.625. The van der Waals surface area contributed by atoms with Crippen LogP contribution in [0.15, 0.2) is 6.07 Å². The number of nitrogens with one attached hydrogen (secondary N) is 2. The Balaban J connectivity index is 2.17. The molecule has 6 heteroatoms. The normalized spacial score (nSPS) is 22.9. The van der Waals surface area contributed by atoms with Crippen LogP contribution in [0.4, 0.5) is 13.2 Å². The van der Waals surface area contributed by atoms with Crippen LogP contribution < -0.4 is 5.32 Å². The van der Waals surface area contributed by atoms with Crippen molar-refractivity contribution < 1.29 is 13.2 Å². The first kappa shape index (κ1) is 9.51. The Morgan fingerprint density at radius 3 is 2.71 bits per heavy atom. The Labute approximate surface area is 78.7 Å². The minimum Gasteiger partial charge on any atom is -0.309 e. The summed E-state index contributed by atoms with van der Waals surface area (Å²) in [7, 11) is 0. The van der Waals surface area contributed by atoms with Gasteiger partial charge in [0.2, 0.25) is 0 Å². The second-order valence-corrected chi connectivity index (χ2v) is 3.36. The molecule has 1 unspecified atom stereocenters. The molecule has 1 fully saturated rings. The summed E-state index contributed by atoms with van der Waals surface area (Å²) in [5.74, 6) is 0. The van der Waals surface area contributed by atoms with Gasteiger partial charge in [0, 0.05) is 6.04 Å². The molecule has 2 N–H and O–H groups in total. The molecule has 1 atom stereocenters. The van der Waals surface area contributed by atoms with E-state index in [2.05, 4.69) is 15.5 Å². The first-order valence-electron chi connectivity index (χ1n) is 4.43. The van der Waals surface area contributed by atoms with Crippen molar-refractivity contribution in [3.05, 3.63) is 17.5 Å². The molecule has 1 aliphatic rings. The van der Waals surface area contributed by atoms with Gasteiger partial charge in [-0.3, -0.25) is 5.10 Å². The average molecular weight is 205 g/mol. The molecule has 14 heavy (non-hydrogen) atoms. The number of aromatic nitrogens is 2. The monoisotopic (exact) mass is 205 g/mol. The number of alkyl halides is 3. The van der Waals surface area contributed by atoms with Gasteiger partial charge < -0.3 is 5.32 Å². The first-order chi connectivity index (χ1) is 6.57. The van der Waals surface area contributed by atoms with Crippen LogP contribution in [-0.2, 0) is 6.18 Å². The van der Waals surface area contributed by atoms with Gasteiger partial charge in [-0.2, -0.15) is 18.3 Å². The Hall–Kier alpha value is -1.04. The quantitative estimate of drug-likeness (QED) is 0.734. The fourth-order valence-electron chi connectivity index (χ4n) is 1.61. The topological polar surface area (TPSA) is 40.7 Å². The number of nitrogens with zero attached hydrogens (tertiary/aromatic N) is 1. The lowest BCUT2D eigenvalue weighted by Gasteiger charge is -2.05. The molecule has 2 rings (SSSR count). The molecule has 0 radical (unpaired) electrons. The van der Waals surface area contributed by atoms with Gasteiger partial charge in [-0.15, -0.1) is 0 Å². The van der Waals surface area contributed by atoms with E-state index in [1.807, 2.05) is 0 Å². The molecular weight excluding hydrogens is 195 g/mol. The van der Waals surface area contributed by atoms with Crippen LogP contribution in [0.2, 0.25) is 0 Å². The lowest BCUT2D eigenvalue weighted by Crippen LogP contribution is -2.13. The van der Waals surface area contributed by atoms with Crippen molar-refractivity contribution in [2.75, 3.05) is 6.54 Å². The number of halogens is 3. The smallest absolute Gasteiger partial charge is 0.309 e. The third-order valence-corrected chi connectivity index (χ3v) is 2.32. The molecule has 1 aromatic heterocycles. The molecule has 0 saturated carbocycles. The van der Waals surface area contributed by atoms with Crippen molar-refractivity contribution in [3.8, 4) is 0 Å². The van der Waals surface area contributed by atoms with E-state index in [1.54, 1.807) is 0 Å². The highest BCUT2D eigenvalue weighted by Crippen LogP contribution is 2.30. The highest BCUT2D eigenvalue weighted by Gasteiger charge is 2.34. The van der Waals surface area contributed by atoms with Gasteiger partial charge in [-0.25, -0.2) is 0 Å². The maximum absolute atomic E-state index is 12.2. The summed E-state index contributed by atoms with van der Waals surface area (Å²) < 4.78 is 36.6. The largest absolute Gasteiger partial charge is 0.435 e. The zero-order chi connectivity index (χ0) is 10.2. The molecular formula is C8H10F3N3. The van der Waals surface area contributed by atoms with Gasteiger partial charge in [0.15, 0.2) is 5.69 Å². The number of hydrogen-bond donors (Lipinski definition) is 2. The van der Waals surface area contributed by atoms with Crippen LogP contribution in [0, 0.1) is 0 Å². The van der Waals surface area contributed by atoms with Gasteiger partial charge >= 0.3 is 6.18 Å². The zero-order valence-corrected chi connectivity index (χ0v) is 7.36. The standard InChI is InChI=1S/C8H10F3N3/c9-8(10,11)7-4-6(13-14-7)5-2-1-3-12-5/h4-5,12H,1-3H2,(H,13,14). The van der Waals surface area contributed by atoms with Gasteiger partial charge in [-0.05, 0) is 25.5 Å². The number of hydrogen-bond acceptors (Lipinski definition) is 2. The second-order valence-electron chi connectivity index (χ2n) is 3.36. The van der Waals surface area contributed by atoms with E-state index in [-0.39, 0.29) is 6.04 Å². The third-order valence-electron chi connectivity index (χ3n) is 2.32. The summed E-state index contributed by atoms with van der Waals surface area (Å²) in [6.45, 7) is 0.852. The average Bonchev–Trinajstić information content (AvgIpc) is 2.73. The van der Waals surface area contributed by atoms with E-state index in [0.29, 0.717) is 5.69 Å². The zero-order valence-electron chi connectivity index (χ0n) is 7.36. The molecule has 0 aliphatic carbocycles. The van der Waals surface area contributed by atoms with Crippen LogP contribution in [0.25, 0.3) is 0 Å². The van der Waals surface area contributed by atoms with E-state index >= 15 is 0 Å². The number of aromatic amines is 1. The third kappa shape index (κ3) is 1.75. The fourth-order valence-corrected chi connectivity index (χ4v) is 1.61. The lowest BCUT2D eigenvalue weighted by atomic mass is 10.1. The summed E-state index contributed by atoms with van der Waals surface area (Å²) in [5, 5.41) is 8.76. The Morgan fingerprint density at radius 1 is 1.43 bits per heavy atom. The van der Waals surface area contributed by atoms with Gasteiger partial charge in [-0.1, -0.05) is 0 Å². The van der Waals surface area contributed by atoms with Crippen molar-refractivity contribution in [3.63, 3.8) is 0 Å². The summed E-state index contributed by atoms with van der Waals surface area (Å²) in [4.78, 5) is 0. The molecule has 0 aromatic carbocycles. The Bertz CT molecular complexity index is 312. The minimum atomic E-state index is -4.35. The molecule has 1 aliphatic heterocycles. The van der Waals surface area contributed by atoms with Crippen LogP contribution in [0.3, 0.4) is 0 Å². The van der Waals surface area contributed by atoms with Crippen molar-refractivity contribution >= 4 is 0 Å². The summed E-state index contributed by atoms with van der Waals surface area (Å²) >= 11 is 0. The predicted octanol–water partition coefficient (Wildman–Crippen LogP) is 1.85. The van der Waals surface area contributed by atoms with E-state index in [9.17, 15) is 13.2 Å². The molecule has 2 heterocycles. The molecule has 3 nitrogen and oxygen atoms in total. The molecule has 1 aromatic rings. The maximum Gasteiger partial charge on any atom is 0.435 e. The van der Waals surface area contributed by atoms with Gasteiger partial charge in [0.05, 0.1) is 5.69 Å². The van der Waals surface area contributed by atoms with E-state index < -0.39 is 11.9 Å². The summed E-state index contributed by atoms with van der Waals surface area (Å²) in [6.07, 6.45) is -2.50. The Kier molecular flexibility index (Phi) is 2.22. The number of H-pyrrole nitrogens is 1. The number of rotatable bonds is 1. The van der Waals surface area contributed by atoms with Crippen LogP contribution >= 0.6 is 0 Å². The Morgan fingerprint density at radius 2 is 2.21 bits per heavy atom. The molecule has 78 valence electrons. The van der Waals surface area contributed by atoms with Crippen molar-refractivity contribution in [2.45, 2.75) is 25.1 Å². The van der Waals surface area contributed by atoms with Crippen molar-refractivity contribution in [2.24, 2.45) is 0 Å². The van der Waals surface area contributed by atoms with Crippen LogP contribution in [0.5, 0.6) is 0 Å². The van der Waals surface area contributed by atoms with Gasteiger partial charge in [0.25, 0.3) is 0 Å². The predicted molar refractivity (Wildman–Crippen MR) is 43.6 cm³/mol. The molecule has 0 amide bonds. The van der Waals surface area contributed by atoms with Crippen LogP contribution in [0.1, 0.15) is 30.3 Å². The maximum atomic E-state index is 12.2. The SMILES string of the molecule is FC(F)(F)c1cc(C2CCCN2)[nH]n1. The van der Waals surface area contributed by atoms with Crippen LogP contribution in [-0.4, -0.2) is 16.7 Å². The van der Waals surface area contributed by atoms with Crippen molar-refractivity contribution in [1.82, 2.24) is 15.5 Å². The molecule has 1 saturated heterocycles. The second kappa shape index (κ2) is 3.27.